The smallest absolute Gasteiger partial charge is 0.338 e. The van der Waals surface area contributed by atoms with E-state index in [1.165, 1.54) is 0 Å². The van der Waals surface area contributed by atoms with Crippen LogP contribution in [0.2, 0.25) is 5.02 Å². The minimum absolute atomic E-state index is 0.127. The molecule has 0 saturated carbocycles. The lowest BCUT2D eigenvalue weighted by Gasteiger charge is -2.35. The lowest BCUT2D eigenvalue weighted by Crippen LogP contribution is -2.48. The summed E-state index contributed by atoms with van der Waals surface area (Å²) in [5.41, 5.74) is 1.79. The van der Waals surface area contributed by atoms with Crippen LogP contribution in [0.25, 0.3) is 10.9 Å². The van der Waals surface area contributed by atoms with Crippen molar-refractivity contribution in [3.05, 3.63) is 62.9 Å². The molecule has 1 unspecified atom stereocenters. The Bertz CT molecular complexity index is 1500. The summed E-state index contributed by atoms with van der Waals surface area (Å²) in [4.78, 5) is 37.1. The normalized spacial score (nSPS) is 15.0. The van der Waals surface area contributed by atoms with E-state index in [1.807, 2.05) is 44.7 Å². The van der Waals surface area contributed by atoms with Gasteiger partial charge in [-0.3, -0.25) is 14.3 Å². The van der Waals surface area contributed by atoms with Crippen molar-refractivity contribution >= 4 is 40.1 Å². The average molecular weight is 580 g/mol. The molecule has 1 aliphatic rings. The zero-order chi connectivity index (χ0) is 29.9. The topological polar surface area (TPSA) is 91.1 Å². The number of piperazine rings is 1. The highest BCUT2D eigenvalue weighted by Gasteiger charge is 2.24. The highest BCUT2D eigenvalue weighted by Crippen LogP contribution is 2.33. The first-order valence-corrected chi connectivity index (χ1v) is 14.1. The Morgan fingerprint density at radius 2 is 1.85 bits per heavy atom. The average Bonchev–Trinajstić information content (AvgIpc) is 2.93. The summed E-state index contributed by atoms with van der Waals surface area (Å²) >= 11 is 6.81. The molecule has 0 spiro atoms. The molecule has 2 heterocycles. The van der Waals surface area contributed by atoms with Gasteiger partial charge < -0.3 is 19.6 Å². The van der Waals surface area contributed by atoms with Crippen LogP contribution in [0.1, 0.15) is 49.7 Å². The van der Waals surface area contributed by atoms with Gasteiger partial charge >= 0.3 is 5.97 Å². The van der Waals surface area contributed by atoms with E-state index in [1.54, 1.807) is 35.9 Å². The van der Waals surface area contributed by atoms with Crippen molar-refractivity contribution in [2.24, 2.45) is 7.05 Å². The van der Waals surface area contributed by atoms with Gasteiger partial charge in [-0.05, 0) is 69.7 Å². The predicted octanol–water partition coefficient (Wildman–Crippen LogP) is 3.86. The molecule has 1 N–H and O–H groups in total. The van der Waals surface area contributed by atoms with E-state index in [-0.39, 0.29) is 18.2 Å². The summed E-state index contributed by atoms with van der Waals surface area (Å²) in [6.07, 6.45) is 5.73. The van der Waals surface area contributed by atoms with Gasteiger partial charge in [-0.15, -0.1) is 6.42 Å². The van der Waals surface area contributed by atoms with Gasteiger partial charge in [0.05, 0.1) is 35.7 Å². The molecule has 3 aromatic rings. The van der Waals surface area contributed by atoms with E-state index in [0.29, 0.717) is 53.6 Å². The maximum absolute atomic E-state index is 13.5. The number of β-amino-alcohol motifs (C(OH)–C–C–N with tert-alkyl or cyclic N) is 1. The fraction of sp³-hybridized carbons (Fsp3) is 0.452. The molecule has 10 heteroatoms. The van der Waals surface area contributed by atoms with Crippen LogP contribution in [0.4, 0.5) is 11.6 Å². The summed E-state index contributed by atoms with van der Waals surface area (Å²) in [7, 11) is 1.73. The van der Waals surface area contributed by atoms with Crippen LogP contribution in [0, 0.1) is 12.3 Å². The molecular weight excluding hydrogens is 542 g/mol. The van der Waals surface area contributed by atoms with Crippen LogP contribution in [-0.2, 0) is 11.8 Å². The highest BCUT2D eigenvalue weighted by molar-refractivity contribution is 6.32. The van der Waals surface area contributed by atoms with E-state index in [9.17, 15) is 14.7 Å². The van der Waals surface area contributed by atoms with Gasteiger partial charge in [0.2, 0.25) is 5.95 Å². The Kier molecular flexibility index (Phi) is 9.27. The number of hydrogen-bond donors (Lipinski definition) is 1. The number of terminal acetylenes is 1. The summed E-state index contributed by atoms with van der Waals surface area (Å²) in [6.45, 7) is 11.5. The zero-order valence-electron chi connectivity index (χ0n) is 24.4. The van der Waals surface area contributed by atoms with Crippen LogP contribution in [0.5, 0.6) is 0 Å². The van der Waals surface area contributed by atoms with E-state index < -0.39 is 11.6 Å². The second kappa shape index (κ2) is 12.5. The molecule has 0 aliphatic carbocycles. The van der Waals surface area contributed by atoms with E-state index in [0.717, 1.165) is 24.3 Å². The first-order valence-electron chi connectivity index (χ1n) is 13.8. The number of esters is 1. The van der Waals surface area contributed by atoms with Crippen LogP contribution in [0.15, 0.2) is 41.2 Å². The Morgan fingerprint density at radius 3 is 2.44 bits per heavy atom. The molecule has 1 aliphatic heterocycles. The molecule has 218 valence electrons. The number of ether oxygens (including phenoxy) is 1. The van der Waals surface area contributed by atoms with E-state index >= 15 is 0 Å². The van der Waals surface area contributed by atoms with Gasteiger partial charge in [0.25, 0.3) is 5.56 Å². The monoisotopic (exact) mass is 579 g/mol. The molecule has 2 aromatic carbocycles. The number of fused-ring (bicyclic) bond motifs is 1. The Morgan fingerprint density at radius 1 is 1.20 bits per heavy atom. The first-order chi connectivity index (χ1) is 19.4. The Labute approximate surface area is 246 Å². The van der Waals surface area contributed by atoms with Crippen LogP contribution in [0.3, 0.4) is 0 Å². The Balaban J connectivity index is 1.64. The molecule has 1 aromatic heterocycles. The Hall–Kier alpha value is -3.58. The summed E-state index contributed by atoms with van der Waals surface area (Å²) in [5.74, 6) is 2.91. The third-order valence-corrected chi connectivity index (χ3v) is 7.58. The molecule has 1 fully saturated rings. The fourth-order valence-corrected chi connectivity index (χ4v) is 5.37. The first kappa shape index (κ1) is 30.4. The molecule has 9 nitrogen and oxygen atoms in total. The van der Waals surface area contributed by atoms with Gasteiger partial charge in [0.1, 0.15) is 5.60 Å². The SMILES string of the molecule is C#CCN(c1ccc(C(=O)OC(C)(C)C)cc1)C(C)c1cc2c(=O)n(C)c(N3CCN(CCO)CC3)nc2cc1Cl. The van der Waals surface area contributed by atoms with Crippen LogP contribution in [-0.4, -0.2) is 77.0 Å². The maximum atomic E-state index is 13.5. The standard InChI is InChI=1S/C31H38ClN5O4/c1-7-12-37(23-10-8-22(9-11-23)29(40)41-31(3,4)5)21(2)24-19-25-27(20-26(24)32)33-30(34(6)28(25)39)36-15-13-35(14-16-36)17-18-38/h1,8-11,19-21,38H,12-18H2,2-6H3. The number of aliphatic hydroxyl groups is 1. The molecular formula is C31H38ClN5O4. The lowest BCUT2D eigenvalue weighted by atomic mass is 10.0. The van der Waals surface area contributed by atoms with E-state index in [4.69, 9.17) is 27.7 Å². The van der Waals surface area contributed by atoms with Crippen molar-refractivity contribution in [3.8, 4) is 12.3 Å². The quantitative estimate of drug-likeness (QED) is 0.318. The number of halogens is 1. The third-order valence-electron chi connectivity index (χ3n) is 7.25. The number of aromatic nitrogens is 2. The maximum Gasteiger partial charge on any atom is 0.338 e. The minimum atomic E-state index is -0.589. The van der Waals surface area contributed by atoms with Crippen molar-refractivity contribution in [3.63, 3.8) is 0 Å². The number of anilines is 2. The number of hydrogen-bond acceptors (Lipinski definition) is 8. The summed E-state index contributed by atoms with van der Waals surface area (Å²) in [5, 5.41) is 10.2. The summed E-state index contributed by atoms with van der Waals surface area (Å²) in [6, 6.07) is 10.4. The van der Waals surface area contributed by atoms with Gasteiger partial charge in [-0.2, -0.15) is 0 Å². The minimum Gasteiger partial charge on any atom is -0.456 e. The summed E-state index contributed by atoms with van der Waals surface area (Å²) < 4.78 is 7.06. The van der Waals surface area contributed by atoms with Crippen molar-refractivity contribution in [1.29, 1.82) is 0 Å². The molecule has 0 amide bonds. The van der Waals surface area contributed by atoms with Crippen molar-refractivity contribution in [1.82, 2.24) is 14.5 Å². The number of benzene rings is 2. The van der Waals surface area contributed by atoms with E-state index in [2.05, 4.69) is 15.7 Å². The predicted molar refractivity (Wildman–Crippen MR) is 164 cm³/mol. The number of rotatable bonds is 8. The van der Waals surface area contributed by atoms with Crippen molar-refractivity contribution in [2.75, 3.05) is 55.7 Å². The van der Waals surface area contributed by atoms with Gasteiger partial charge in [-0.1, -0.05) is 17.5 Å². The second-order valence-corrected chi connectivity index (χ2v) is 11.7. The molecule has 41 heavy (non-hydrogen) atoms. The molecule has 0 bridgehead atoms. The van der Waals surface area contributed by atoms with Crippen LogP contribution < -0.4 is 15.4 Å². The number of nitrogens with zero attached hydrogens (tertiary/aromatic N) is 5. The highest BCUT2D eigenvalue weighted by atomic mass is 35.5. The van der Waals surface area contributed by atoms with Gasteiger partial charge in [0, 0.05) is 50.5 Å². The number of carbonyl (C=O) groups excluding carboxylic acids is 1. The number of aliphatic hydroxyl groups excluding tert-OH is 1. The van der Waals surface area contributed by atoms with Gasteiger partial charge in [0.15, 0.2) is 0 Å². The third kappa shape index (κ3) is 6.84. The lowest BCUT2D eigenvalue weighted by molar-refractivity contribution is 0.00695. The largest absolute Gasteiger partial charge is 0.456 e. The molecule has 1 saturated heterocycles. The van der Waals surface area contributed by atoms with Crippen molar-refractivity contribution < 1.29 is 14.6 Å². The zero-order valence-corrected chi connectivity index (χ0v) is 25.1. The van der Waals surface area contributed by atoms with Gasteiger partial charge in [-0.25, -0.2) is 9.78 Å². The molecule has 4 rings (SSSR count). The fourth-order valence-electron chi connectivity index (χ4n) is 5.06. The molecule has 0 radical (unpaired) electrons. The number of carbonyl (C=O) groups is 1. The second-order valence-electron chi connectivity index (χ2n) is 11.3. The van der Waals surface area contributed by atoms with Crippen molar-refractivity contribution in [2.45, 2.75) is 39.3 Å². The van der Waals surface area contributed by atoms with Crippen LogP contribution >= 0.6 is 11.6 Å². The molecule has 1 atom stereocenters.